The average Bonchev–Trinajstić information content (AvgIpc) is 3.70. The number of furan rings is 1. The minimum absolute atomic E-state index is 0. The standard InChI is InChI=1S/C29H23N2O.C14H16NSi.Ir/c1-18(2)31-26-10-5-4-9-25(26)30-29(31)23-8-6-7-22-24-17-21(15-16-27(24)32-28(22)23)20-13-11-19(3)12-14-20;1-16(2,3)13-9-10-14(15-11-13)12-7-5-4-6-8-12;/h4-7,9-18H,1-3H3;4-7,9-11H,1-3H3;/q2*-1;/i3D3;;. The molecule has 0 aliphatic rings. The molecular formula is C43H39IrN3OSi-2. The summed E-state index contributed by atoms with van der Waals surface area (Å²) in [6, 6.07) is 44.3. The van der Waals surface area contributed by atoms with Gasteiger partial charge >= 0.3 is 0 Å². The third kappa shape index (κ3) is 6.95. The topological polar surface area (TPSA) is 43.9 Å². The number of para-hydroxylation sites is 2. The van der Waals surface area contributed by atoms with Crippen LogP contribution in [-0.2, 0) is 20.1 Å². The van der Waals surface area contributed by atoms with Gasteiger partial charge in [0.25, 0.3) is 0 Å². The van der Waals surface area contributed by atoms with Crippen LogP contribution in [0, 0.1) is 19.0 Å². The summed E-state index contributed by atoms with van der Waals surface area (Å²) < 4.78 is 31.4. The van der Waals surface area contributed by atoms with Gasteiger partial charge in [-0.3, -0.25) is 4.98 Å². The van der Waals surface area contributed by atoms with Gasteiger partial charge in [0.15, 0.2) is 0 Å². The Morgan fingerprint density at radius 2 is 1.57 bits per heavy atom. The molecule has 0 saturated carbocycles. The number of hydrogen-bond donors (Lipinski definition) is 0. The molecule has 0 spiro atoms. The van der Waals surface area contributed by atoms with Gasteiger partial charge in [0.1, 0.15) is 5.58 Å². The third-order valence-corrected chi connectivity index (χ3v) is 10.6. The molecule has 6 heteroatoms. The van der Waals surface area contributed by atoms with E-state index in [4.69, 9.17) is 13.5 Å². The molecule has 3 heterocycles. The van der Waals surface area contributed by atoms with Gasteiger partial charge in [0, 0.05) is 41.8 Å². The van der Waals surface area contributed by atoms with E-state index in [-0.39, 0.29) is 26.1 Å². The number of aromatic nitrogens is 3. The zero-order valence-corrected chi connectivity index (χ0v) is 31.6. The summed E-state index contributed by atoms with van der Waals surface area (Å²) in [6.07, 6.45) is 2.02. The van der Waals surface area contributed by atoms with Crippen molar-refractivity contribution < 1.29 is 28.6 Å². The monoisotopic (exact) mass is 837 g/mol. The summed E-state index contributed by atoms with van der Waals surface area (Å²) in [4.78, 5) is 9.46. The molecule has 8 rings (SSSR count). The summed E-state index contributed by atoms with van der Waals surface area (Å²) in [6.45, 7) is 9.19. The van der Waals surface area contributed by atoms with E-state index in [0.717, 1.165) is 66.7 Å². The van der Waals surface area contributed by atoms with Crippen molar-refractivity contribution in [3.63, 3.8) is 0 Å². The van der Waals surface area contributed by atoms with Crippen molar-refractivity contribution >= 4 is 46.2 Å². The molecule has 0 fully saturated rings. The Bertz CT molecular complexity index is 2460. The number of benzene rings is 5. The molecule has 0 saturated heterocycles. The Morgan fingerprint density at radius 3 is 2.27 bits per heavy atom. The second-order valence-electron chi connectivity index (χ2n) is 13.3. The van der Waals surface area contributed by atoms with E-state index < -0.39 is 14.9 Å². The maximum absolute atomic E-state index is 7.60. The van der Waals surface area contributed by atoms with E-state index in [1.807, 2.05) is 85.1 Å². The Hall–Kier alpha value is -4.61. The summed E-state index contributed by atoms with van der Waals surface area (Å²) >= 11 is 0. The van der Waals surface area contributed by atoms with Crippen molar-refractivity contribution in [3.8, 4) is 33.8 Å². The largest absolute Gasteiger partial charge is 0.501 e. The van der Waals surface area contributed by atoms with Crippen LogP contribution in [0.5, 0.6) is 0 Å². The fourth-order valence-electron chi connectivity index (χ4n) is 6.04. The number of aryl methyl sites for hydroxylation is 1. The van der Waals surface area contributed by atoms with Crippen molar-refractivity contribution in [3.05, 3.63) is 139 Å². The van der Waals surface area contributed by atoms with E-state index in [2.05, 4.69) is 79.4 Å². The molecular weight excluding hydrogens is 795 g/mol. The van der Waals surface area contributed by atoms with E-state index in [1.165, 1.54) is 5.19 Å². The molecule has 5 aromatic carbocycles. The zero-order valence-electron chi connectivity index (χ0n) is 31.2. The van der Waals surface area contributed by atoms with Crippen LogP contribution in [0.3, 0.4) is 0 Å². The Kier molecular flexibility index (Phi) is 8.75. The normalized spacial score (nSPS) is 12.7. The number of nitrogens with zero attached hydrogens (tertiary/aromatic N) is 3. The van der Waals surface area contributed by atoms with Crippen molar-refractivity contribution in [1.82, 2.24) is 14.5 Å². The fraction of sp³-hybridized carbons (Fsp3) is 0.163. The first-order valence-corrected chi connectivity index (χ1v) is 19.8. The molecule has 0 unspecified atom stereocenters. The van der Waals surface area contributed by atoms with Gasteiger partial charge in [0.05, 0.1) is 30.5 Å². The Labute approximate surface area is 307 Å². The maximum Gasteiger partial charge on any atom is 0.120 e. The predicted molar refractivity (Wildman–Crippen MR) is 203 cm³/mol. The van der Waals surface area contributed by atoms with Gasteiger partial charge in [-0.1, -0.05) is 90.8 Å². The first-order chi connectivity index (χ1) is 24.4. The van der Waals surface area contributed by atoms with Crippen LogP contribution in [0.2, 0.25) is 19.6 Å². The van der Waals surface area contributed by atoms with Gasteiger partial charge in [-0.05, 0) is 67.0 Å². The van der Waals surface area contributed by atoms with Crippen LogP contribution in [0.15, 0.2) is 126 Å². The SMILES string of the molecule is C[Si](C)(C)c1ccc(-c2[c-]cccc2)nc1.[2H]C([2H])([2H])c1ccc(-c2ccc3oc4c(-c5nc6ccccc6n5C(C)C)[c-]ccc4c3c2)cc1.[Ir]. The minimum Gasteiger partial charge on any atom is -0.501 e. The Balaban J connectivity index is 0.000000230. The van der Waals surface area contributed by atoms with E-state index in [9.17, 15) is 0 Å². The molecule has 0 N–H and O–H groups in total. The number of hydrogen-bond acceptors (Lipinski definition) is 3. The molecule has 247 valence electrons. The van der Waals surface area contributed by atoms with Crippen LogP contribution < -0.4 is 5.19 Å². The minimum atomic E-state index is -2.11. The zero-order chi connectivity index (χ0) is 35.9. The van der Waals surface area contributed by atoms with E-state index >= 15 is 0 Å². The first kappa shape index (κ1) is 30.4. The molecule has 4 nitrogen and oxygen atoms in total. The third-order valence-electron chi connectivity index (χ3n) is 8.60. The molecule has 3 aromatic heterocycles. The number of pyridine rings is 1. The fourth-order valence-corrected chi connectivity index (χ4v) is 7.08. The summed E-state index contributed by atoms with van der Waals surface area (Å²) in [7, 11) is -1.23. The number of imidazole rings is 1. The molecule has 0 amide bonds. The number of fused-ring (bicyclic) bond motifs is 4. The second-order valence-corrected chi connectivity index (χ2v) is 18.4. The van der Waals surface area contributed by atoms with Gasteiger partial charge in [0.2, 0.25) is 0 Å². The van der Waals surface area contributed by atoms with Crippen molar-refractivity contribution in [2.24, 2.45) is 0 Å². The van der Waals surface area contributed by atoms with Crippen molar-refractivity contribution in [2.75, 3.05) is 0 Å². The summed E-state index contributed by atoms with van der Waals surface area (Å²) in [5.74, 6) is 0.839. The average molecular weight is 837 g/mol. The molecule has 0 aliphatic heterocycles. The van der Waals surface area contributed by atoms with Crippen LogP contribution in [0.1, 0.15) is 29.6 Å². The quantitative estimate of drug-likeness (QED) is 0.128. The number of rotatable bonds is 5. The van der Waals surface area contributed by atoms with Gasteiger partial charge < -0.3 is 14.0 Å². The van der Waals surface area contributed by atoms with Crippen LogP contribution in [0.25, 0.3) is 66.7 Å². The predicted octanol–water partition coefficient (Wildman–Crippen LogP) is 11.1. The maximum atomic E-state index is 7.60. The van der Waals surface area contributed by atoms with Crippen LogP contribution in [0.4, 0.5) is 0 Å². The molecule has 8 aromatic rings. The van der Waals surface area contributed by atoms with Gasteiger partial charge in [-0.25, -0.2) is 0 Å². The van der Waals surface area contributed by atoms with E-state index in [1.54, 1.807) is 12.1 Å². The first-order valence-electron chi connectivity index (χ1n) is 17.8. The smallest absolute Gasteiger partial charge is 0.120 e. The van der Waals surface area contributed by atoms with Crippen molar-refractivity contribution in [2.45, 2.75) is 46.4 Å². The molecule has 49 heavy (non-hydrogen) atoms. The van der Waals surface area contributed by atoms with Gasteiger partial charge in [-0.15, -0.1) is 54.1 Å². The molecule has 0 atom stereocenters. The summed E-state index contributed by atoms with van der Waals surface area (Å²) in [5, 5.41) is 3.39. The van der Waals surface area contributed by atoms with E-state index in [0.29, 0.717) is 5.56 Å². The van der Waals surface area contributed by atoms with Crippen LogP contribution >= 0.6 is 0 Å². The summed E-state index contributed by atoms with van der Waals surface area (Å²) in [5.41, 5.74) is 8.77. The Morgan fingerprint density at radius 1 is 0.796 bits per heavy atom. The molecule has 0 bridgehead atoms. The van der Waals surface area contributed by atoms with Crippen molar-refractivity contribution in [1.29, 1.82) is 0 Å². The van der Waals surface area contributed by atoms with Gasteiger partial charge in [-0.2, -0.15) is 0 Å². The van der Waals surface area contributed by atoms with Crippen LogP contribution in [-0.4, -0.2) is 22.6 Å². The second kappa shape index (κ2) is 14.1. The molecule has 0 aliphatic carbocycles. The molecule has 1 radical (unpaired) electrons.